The monoisotopic (exact) mass is 284 g/mol. The van der Waals surface area contributed by atoms with Crippen LogP contribution in [0.15, 0.2) is 30.3 Å². The second-order valence-electron chi connectivity index (χ2n) is 4.53. The molecule has 1 heterocycles. The third-order valence-electron chi connectivity index (χ3n) is 3.09. The second kappa shape index (κ2) is 6.29. The number of hydrogen-bond acceptors (Lipinski definition) is 6. The fourth-order valence-corrected chi connectivity index (χ4v) is 2.02. The summed E-state index contributed by atoms with van der Waals surface area (Å²) >= 11 is 0. The van der Waals surface area contributed by atoms with Crippen LogP contribution in [0.4, 0.5) is 0 Å². The zero-order valence-electron chi connectivity index (χ0n) is 10.5. The summed E-state index contributed by atoms with van der Waals surface area (Å²) in [6, 6.07) is 8.98. The Kier molecular flexibility index (Phi) is 4.69. The molecule has 0 unspecified atom stereocenters. The van der Waals surface area contributed by atoms with E-state index < -0.39 is 36.7 Å². The molecule has 1 aromatic carbocycles. The number of rotatable bonds is 4. The molecule has 2 rings (SSSR count). The lowest BCUT2D eigenvalue weighted by molar-refractivity contribution is -0.289. The molecule has 0 spiro atoms. The molecule has 1 aliphatic heterocycles. The maximum absolute atomic E-state index is 10.9. The van der Waals surface area contributed by atoms with Crippen molar-refractivity contribution in [3.63, 3.8) is 0 Å². The summed E-state index contributed by atoms with van der Waals surface area (Å²) in [4.78, 5) is 10.9. The number of aliphatic hydroxyl groups is 3. The van der Waals surface area contributed by atoms with E-state index in [-0.39, 0.29) is 6.61 Å². The first-order valence-electron chi connectivity index (χ1n) is 6.08. The molecule has 1 saturated heterocycles. The molecule has 0 saturated carbocycles. The minimum absolute atomic E-state index is 0.0681. The molecule has 7 heteroatoms. The molecule has 1 fully saturated rings. The highest BCUT2D eigenvalue weighted by atomic mass is 16.7. The van der Waals surface area contributed by atoms with E-state index in [1.807, 2.05) is 6.07 Å². The number of ether oxygens (including phenoxy) is 2. The van der Waals surface area contributed by atoms with Crippen molar-refractivity contribution in [3.8, 4) is 0 Å². The van der Waals surface area contributed by atoms with Crippen molar-refractivity contribution in [3.05, 3.63) is 35.9 Å². The van der Waals surface area contributed by atoms with Gasteiger partial charge in [0.15, 0.2) is 12.4 Å². The third-order valence-corrected chi connectivity index (χ3v) is 3.09. The molecule has 4 N–H and O–H groups in total. The summed E-state index contributed by atoms with van der Waals surface area (Å²) in [7, 11) is 0. The van der Waals surface area contributed by atoms with Crippen LogP contribution >= 0.6 is 0 Å². The topological polar surface area (TPSA) is 116 Å². The van der Waals surface area contributed by atoms with E-state index in [1.165, 1.54) is 0 Å². The van der Waals surface area contributed by atoms with Crippen LogP contribution in [0.25, 0.3) is 0 Å². The molecule has 7 nitrogen and oxygen atoms in total. The van der Waals surface area contributed by atoms with Crippen LogP contribution in [-0.2, 0) is 20.9 Å². The van der Waals surface area contributed by atoms with Gasteiger partial charge in [0.25, 0.3) is 0 Å². The van der Waals surface area contributed by atoms with Gasteiger partial charge in [-0.25, -0.2) is 4.79 Å². The Morgan fingerprint density at radius 1 is 1.15 bits per heavy atom. The molecule has 1 aliphatic rings. The molecular weight excluding hydrogens is 268 g/mol. The Labute approximate surface area is 115 Å². The molecule has 0 aromatic heterocycles. The number of aliphatic hydroxyl groups excluding tert-OH is 3. The summed E-state index contributed by atoms with van der Waals surface area (Å²) in [5, 5.41) is 37.9. The van der Waals surface area contributed by atoms with Crippen LogP contribution in [0.2, 0.25) is 0 Å². The van der Waals surface area contributed by atoms with Gasteiger partial charge in [0.05, 0.1) is 6.61 Å². The third kappa shape index (κ3) is 3.14. The van der Waals surface area contributed by atoms with Gasteiger partial charge in [-0.2, -0.15) is 0 Å². The predicted octanol–water partition coefficient (Wildman–Crippen LogP) is -0.905. The van der Waals surface area contributed by atoms with Gasteiger partial charge in [0, 0.05) is 0 Å². The lowest BCUT2D eigenvalue weighted by atomic mass is 9.98. The number of aliphatic carboxylic acids is 1. The minimum Gasteiger partial charge on any atom is -0.479 e. The molecular formula is C13H16O7. The van der Waals surface area contributed by atoms with Crippen LogP contribution in [-0.4, -0.2) is 57.1 Å². The molecule has 1 aromatic rings. The average Bonchev–Trinajstić information content (AvgIpc) is 2.43. The standard InChI is InChI=1S/C13H16O7/c14-8-10(19-6-7-4-2-1-3-5-7)9(15)13(18)20-11(8)12(16)17/h1-5,8-11,13-15,18H,6H2,(H,16,17)/t8-,9+,10-,11-,13-/m0/s1. The highest BCUT2D eigenvalue weighted by Gasteiger charge is 2.47. The highest BCUT2D eigenvalue weighted by molar-refractivity contribution is 5.73. The Balaban J connectivity index is 2.05. The van der Waals surface area contributed by atoms with Gasteiger partial charge in [-0.1, -0.05) is 30.3 Å². The maximum Gasteiger partial charge on any atom is 0.335 e. The summed E-state index contributed by atoms with van der Waals surface area (Å²) in [6.45, 7) is 0.0681. The molecule has 0 bridgehead atoms. The first-order chi connectivity index (χ1) is 9.50. The van der Waals surface area contributed by atoms with E-state index in [2.05, 4.69) is 4.74 Å². The van der Waals surface area contributed by atoms with Gasteiger partial charge in [0.2, 0.25) is 0 Å². The van der Waals surface area contributed by atoms with E-state index in [9.17, 15) is 20.1 Å². The van der Waals surface area contributed by atoms with Crippen molar-refractivity contribution in [2.24, 2.45) is 0 Å². The summed E-state index contributed by atoms with van der Waals surface area (Å²) in [5.74, 6) is -1.43. The molecule has 5 atom stereocenters. The fourth-order valence-electron chi connectivity index (χ4n) is 2.02. The molecule has 0 radical (unpaired) electrons. The second-order valence-corrected chi connectivity index (χ2v) is 4.53. The zero-order chi connectivity index (χ0) is 14.7. The number of carboxylic acid groups (broad SMARTS) is 1. The number of hydrogen-bond donors (Lipinski definition) is 4. The van der Waals surface area contributed by atoms with Crippen LogP contribution in [0.5, 0.6) is 0 Å². The minimum atomic E-state index is -1.72. The summed E-state index contributed by atoms with van der Waals surface area (Å²) < 4.78 is 9.97. The van der Waals surface area contributed by atoms with Gasteiger partial charge in [-0.05, 0) is 5.56 Å². The first-order valence-corrected chi connectivity index (χ1v) is 6.08. The smallest absolute Gasteiger partial charge is 0.335 e. The van der Waals surface area contributed by atoms with E-state index in [4.69, 9.17) is 9.84 Å². The zero-order valence-corrected chi connectivity index (χ0v) is 10.5. The van der Waals surface area contributed by atoms with Crippen LogP contribution in [0.1, 0.15) is 5.56 Å². The van der Waals surface area contributed by atoms with E-state index in [1.54, 1.807) is 24.3 Å². The highest BCUT2D eigenvalue weighted by Crippen LogP contribution is 2.23. The first kappa shape index (κ1) is 14.9. The van der Waals surface area contributed by atoms with Crippen molar-refractivity contribution in [2.75, 3.05) is 0 Å². The lowest BCUT2D eigenvalue weighted by Gasteiger charge is -2.38. The average molecular weight is 284 g/mol. The largest absolute Gasteiger partial charge is 0.479 e. The Hall–Kier alpha value is -1.51. The van der Waals surface area contributed by atoms with E-state index in [0.717, 1.165) is 5.56 Å². The van der Waals surface area contributed by atoms with Gasteiger partial charge in [0.1, 0.15) is 18.3 Å². The number of benzene rings is 1. The van der Waals surface area contributed by atoms with Gasteiger partial charge >= 0.3 is 5.97 Å². The van der Waals surface area contributed by atoms with Crippen molar-refractivity contribution >= 4 is 5.97 Å². The van der Waals surface area contributed by atoms with Crippen LogP contribution in [0, 0.1) is 0 Å². The normalized spacial score (nSPS) is 33.9. The summed E-state index contributed by atoms with van der Waals surface area (Å²) in [6.07, 6.45) is -7.71. The molecule has 110 valence electrons. The van der Waals surface area contributed by atoms with E-state index >= 15 is 0 Å². The fraction of sp³-hybridized carbons (Fsp3) is 0.462. The van der Waals surface area contributed by atoms with Crippen molar-refractivity contribution < 1.29 is 34.7 Å². The van der Waals surface area contributed by atoms with E-state index in [0.29, 0.717) is 0 Å². The molecule has 20 heavy (non-hydrogen) atoms. The van der Waals surface area contributed by atoms with Crippen molar-refractivity contribution in [1.29, 1.82) is 0 Å². The van der Waals surface area contributed by atoms with Gasteiger partial charge in [-0.3, -0.25) is 0 Å². The summed E-state index contributed by atoms with van der Waals surface area (Å²) in [5.41, 5.74) is 0.791. The number of carboxylic acids is 1. The van der Waals surface area contributed by atoms with Gasteiger partial charge in [-0.15, -0.1) is 0 Å². The maximum atomic E-state index is 10.9. The SMILES string of the molecule is O=C(O)[C@H]1O[C@H](O)[C@H](O)[C@@H](OCc2ccccc2)[C@@H]1O. The Morgan fingerprint density at radius 2 is 1.80 bits per heavy atom. The van der Waals surface area contributed by atoms with Crippen molar-refractivity contribution in [2.45, 2.75) is 37.3 Å². The number of carbonyl (C=O) groups is 1. The molecule has 0 aliphatic carbocycles. The molecule has 0 amide bonds. The Morgan fingerprint density at radius 3 is 2.40 bits per heavy atom. The van der Waals surface area contributed by atoms with Crippen molar-refractivity contribution in [1.82, 2.24) is 0 Å². The van der Waals surface area contributed by atoms with Crippen LogP contribution < -0.4 is 0 Å². The lowest BCUT2D eigenvalue weighted by Crippen LogP contribution is -2.60. The quantitative estimate of drug-likeness (QED) is 0.566. The Bertz CT molecular complexity index is 449. The predicted molar refractivity (Wildman–Crippen MR) is 65.5 cm³/mol. The van der Waals surface area contributed by atoms with Crippen LogP contribution in [0.3, 0.4) is 0 Å². The van der Waals surface area contributed by atoms with Gasteiger partial charge < -0.3 is 29.9 Å².